The van der Waals surface area contributed by atoms with Crippen molar-refractivity contribution in [3.05, 3.63) is 29.8 Å². The van der Waals surface area contributed by atoms with Crippen LogP contribution in [0.4, 0.5) is 10.5 Å². The van der Waals surface area contributed by atoms with Crippen LogP contribution < -0.4 is 5.32 Å². The van der Waals surface area contributed by atoms with Gasteiger partial charge < -0.3 is 15.1 Å². The number of rotatable bonds is 6. The van der Waals surface area contributed by atoms with Crippen molar-refractivity contribution in [3.63, 3.8) is 0 Å². The van der Waals surface area contributed by atoms with Crippen LogP contribution in [0.1, 0.15) is 17.7 Å². The summed E-state index contributed by atoms with van der Waals surface area (Å²) < 4.78 is 0. The highest BCUT2D eigenvalue weighted by Crippen LogP contribution is 2.27. The Hall–Kier alpha value is -1.20. The lowest BCUT2D eigenvalue weighted by Crippen LogP contribution is -2.36. The van der Waals surface area contributed by atoms with Gasteiger partial charge >= 0.3 is 6.03 Å². The smallest absolute Gasteiger partial charge is 0.321 e. The number of thioether (sulfide) groups is 1. The molecule has 0 aliphatic rings. The number of amides is 2. The first-order chi connectivity index (χ1) is 9.43. The van der Waals surface area contributed by atoms with Crippen LogP contribution in [0.5, 0.6) is 0 Å². The first-order valence-corrected chi connectivity index (χ1v) is 8.02. The predicted octanol–water partition coefficient (Wildman–Crippen LogP) is 3.14. The number of likely N-dealkylation sites (N-methyl/N-ethyl adjacent to an activating group) is 2. The number of urea groups is 1. The van der Waals surface area contributed by atoms with Gasteiger partial charge in [0.05, 0.1) is 0 Å². The Morgan fingerprint density at radius 2 is 2.00 bits per heavy atom. The van der Waals surface area contributed by atoms with Crippen LogP contribution in [0.2, 0.25) is 0 Å². The summed E-state index contributed by atoms with van der Waals surface area (Å²) in [7, 11) is 5.81. The van der Waals surface area contributed by atoms with Gasteiger partial charge in [-0.1, -0.05) is 12.1 Å². The highest BCUT2D eigenvalue weighted by Gasteiger charge is 2.10. The third-order valence-corrected chi connectivity index (χ3v) is 4.17. The standard InChI is InChI=1S/C15H25N3OS/c1-12(20-5)13-7-6-8-14(11-13)16-15(19)18(4)10-9-17(2)3/h6-8,11-12H,9-10H2,1-5H3,(H,16,19)/t12-/m1/s1. The van der Waals surface area contributed by atoms with E-state index >= 15 is 0 Å². The third kappa shape index (κ3) is 5.43. The van der Waals surface area contributed by atoms with Crippen LogP contribution in [0, 0.1) is 0 Å². The molecule has 5 heteroatoms. The van der Waals surface area contributed by atoms with E-state index in [9.17, 15) is 4.79 Å². The Bertz CT molecular complexity index is 437. The lowest BCUT2D eigenvalue weighted by molar-refractivity contribution is 0.217. The quantitative estimate of drug-likeness (QED) is 0.876. The van der Waals surface area contributed by atoms with Crippen LogP contribution in [0.3, 0.4) is 0 Å². The topological polar surface area (TPSA) is 35.6 Å². The maximum atomic E-state index is 12.1. The normalized spacial score (nSPS) is 12.3. The van der Waals surface area contributed by atoms with E-state index in [1.165, 1.54) is 5.56 Å². The molecule has 4 nitrogen and oxygen atoms in total. The van der Waals surface area contributed by atoms with Crippen molar-refractivity contribution < 1.29 is 4.79 Å². The molecule has 0 unspecified atom stereocenters. The van der Waals surface area contributed by atoms with Crippen LogP contribution in [-0.4, -0.2) is 56.3 Å². The average Bonchev–Trinajstić information content (AvgIpc) is 2.43. The molecule has 0 saturated carbocycles. The number of carbonyl (C=O) groups excluding carboxylic acids is 1. The Labute approximate surface area is 126 Å². The molecule has 0 spiro atoms. The van der Waals surface area contributed by atoms with Crippen LogP contribution in [-0.2, 0) is 0 Å². The van der Waals surface area contributed by atoms with Crippen LogP contribution >= 0.6 is 11.8 Å². The molecule has 0 aromatic heterocycles. The number of carbonyl (C=O) groups is 1. The van der Waals surface area contributed by atoms with Crippen molar-refractivity contribution in [2.75, 3.05) is 45.8 Å². The molecular weight excluding hydrogens is 270 g/mol. The summed E-state index contributed by atoms with van der Waals surface area (Å²) in [6.07, 6.45) is 2.09. The first kappa shape index (κ1) is 16.9. The molecule has 1 rings (SSSR count). The fourth-order valence-electron chi connectivity index (χ4n) is 1.68. The van der Waals surface area contributed by atoms with Gasteiger partial charge in [-0.2, -0.15) is 11.8 Å². The first-order valence-electron chi connectivity index (χ1n) is 6.73. The number of benzene rings is 1. The van der Waals surface area contributed by atoms with E-state index in [0.717, 1.165) is 12.2 Å². The van der Waals surface area contributed by atoms with Gasteiger partial charge in [0.1, 0.15) is 0 Å². The number of nitrogens with zero attached hydrogens (tertiary/aromatic N) is 2. The zero-order valence-corrected chi connectivity index (χ0v) is 13.8. The van der Waals surface area contributed by atoms with Crippen LogP contribution in [0.15, 0.2) is 24.3 Å². The van der Waals surface area contributed by atoms with Gasteiger partial charge in [-0.3, -0.25) is 0 Å². The molecule has 0 fully saturated rings. The van der Waals surface area contributed by atoms with Gasteiger partial charge in [0.25, 0.3) is 0 Å². The molecule has 0 radical (unpaired) electrons. The largest absolute Gasteiger partial charge is 0.326 e. The molecule has 0 heterocycles. The summed E-state index contributed by atoms with van der Waals surface area (Å²) in [4.78, 5) is 15.8. The van der Waals surface area contributed by atoms with Gasteiger partial charge in [0.15, 0.2) is 0 Å². The zero-order chi connectivity index (χ0) is 15.1. The minimum atomic E-state index is -0.0687. The van der Waals surface area contributed by atoms with Gasteiger partial charge in [-0.25, -0.2) is 4.79 Å². The summed E-state index contributed by atoms with van der Waals surface area (Å²) in [5, 5.41) is 3.37. The van der Waals surface area contributed by atoms with E-state index in [1.54, 1.807) is 16.7 Å². The zero-order valence-electron chi connectivity index (χ0n) is 13.0. The van der Waals surface area contributed by atoms with Crippen molar-refractivity contribution >= 4 is 23.5 Å². The molecule has 0 aliphatic heterocycles. The SMILES string of the molecule is CS[C@H](C)c1cccc(NC(=O)N(C)CCN(C)C)c1. The van der Waals surface area contributed by atoms with Crippen molar-refractivity contribution in [2.24, 2.45) is 0 Å². The summed E-state index contributed by atoms with van der Waals surface area (Å²) in [6, 6.07) is 7.97. The second-order valence-electron chi connectivity index (χ2n) is 5.16. The van der Waals surface area contributed by atoms with E-state index in [0.29, 0.717) is 11.8 Å². The number of nitrogens with one attached hydrogen (secondary N) is 1. The van der Waals surface area contributed by atoms with E-state index in [4.69, 9.17) is 0 Å². The minimum absolute atomic E-state index is 0.0687. The van der Waals surface area contributed by atoms with Crippen molar-refractivity contribution in [1.29, 1.82) is 0 Å². The Morgan fingerprint density at radius 3 is 2.60 bits per heavy atom. The molecular formula is C15H25N3OS. The number of hydrogen-bond donors (Lipinski definition) is 1. The highest BCUT2D eigenvalue weighted by atomic mass is 32.2. The molecule has 0 aliphatic carbocycles. The number of hydrogen-bond acceptors (Lipinski definition) is 3. The van der Waals surface area contributed by atoms with E-state index in [2.05, 4.69) is 29.5 Å². The average molecular weight is 295 g/mol. The van der Waals surface area contributed by atoms with E-state index < -0.39 is 0 Å². The summed E-state index contributed by atoms with van der Waals surface area (Å²) in [5.74, 6) is 0. The van der Waals surface area contributed by atoms with E-state index in [1.807, 2.05) is 39.3 Å². The fraction of sp³-hybridized carbons (Fsp3) is 0.533. The second kappa shape index (κ2) is 8.17. The predicted molar refractivity (Wildman–Crippen MR) is 88.6 cm³/mol. The lowest BCUT2D eigenvalue weighted by Gasteiger charge is -2.20. The summed E-state index contributed by atoms with van der Waals surface area (Å²) in [6.45, 7) is 3.72. The second-order valence-corrected chi connectivity index (χ2v) is 6.34. The minimum Gasteiger partial charge on any atom is -0.326 e. The Morgan fingerprint density at radius 1 is 1.30 bits per heavy atom. The number of anilines is 1. The van der Waals surface area contributed by atoms with E-state index in [-0.39, 0.29) is 6.03 Å². The monoisotopic (exact) mass is 295 g/mol. The Balaban J connectivity index is 2.61. The molecule has 0 saturated heterocycles. The van der Waals surface area contributed by atoms with Gasteiger partial charge in [0, 0.05) is 31.1 Å². The maximum absolute atomic E-state index is 12.1. The molecule has 20 heavy (non-hydrogen) atoms. The third-order valence-electron chi connectivity index (χ3n) is 3.19. The van der Waals surface area contributed by atoms with Crippen molar-refractivity contribution in [2.45, 2.75) is 12.2 Å². The van der Waals surface area contributed by atoms with Crippen LogP contribution in [0.25, 0.3) is 0 Å². The Kier molecular flexibility index (Phi) is 6.88. The molecule has 2 amide bonds. The fourth-order valence-corrected chi connectivity index (χ4v) is 2.09. The molecule has 1 atom stereocenters. The van der Waals surface area contributed by atoms with Gasteiger partial charge in [-0.05, 0) is 45.0 Å². The van der Waals surface area contributed by atoms with Gasteiger partial charge in [0.2, 0.25) is 0 Å². The van der Waals surface area contributed by atoms with Gasteiger partial charge in [-0.15, -0.1) is 0 Å². The van der Waals surface area contributed by atoms with Crippen molar-refractivity contribution in [1.82, 2.24) is 9.80 Å². The molecule has 1 N–H and O–H groups in total. The lowest BCUT2D eigenvalue weighted by atomic mass is 10.1. The molecule has 1 aromatic carbocycles. The maximum Gasteiger partial charge on any atom is 0.321 e. The summed E-state index contributed by atoms with van der Waals surface area (Å²) >= 11 is 1.79. The molecule has 0 bridgehead atoms. The molecule has 112 valence electrons. The molecule has 1 aromatic rings. The summed E-state index contributed by atoms with van der Waals surface area (Å²) in [5.41, 5.74) is 2.08. The highest BCUT2D eigenvalue weighted by molar-refractivity contribution is 7.98. The van der Waals surface area contributed by atoms with Crippen molar-refractivity contribution in [3.8, 4) is 0 Å².